The van der Waals surface area contributed by atoms with Crippen molar-refractivity contribution in [2.75, 3.05) is 19.0 Å². The average Bonchev–Trinajstić information content (AvgIpc) is 2.71. The van der Waals surface area contributed by atoms with Crippen LogP contribution < -0.4 is 10.1 Å². The molecule has 0 amide bonds. The number of aliphatic hydroxyl groups is 1. The second-order valence-electron chi connectivity index (χ2n) is 9.19. The quantitative estimate of drug-likeness (QED) is 0.540. The van der Waals surface area contributed by atoms with E-state index in [2.05, 4.69) is 10.3 Å². The number of aryl methyl sites for hydroxylation is 1. The van der Waals surface area contributed by atoms with Crippen LogP contribution in [0.3, 0.4) is 0 Å². The monoisotopic (exact) mass is 444 g/mol. The van der Waals surface area contributed by atoms with Gasteiger partial charge in [0.15, 0.2) is 5.60 Å². The van der Waals surface area contributed by atoms with E-state index in [-0.39, 0.29) is 6.54 Å². The first-order valence-corrected chi connectivity index (χ1v) is 10.5. The molecule has 0 saturated carbocycles. The first-order chi connectivity index (χ1) is 15.0. The Labute approximate surface area is 185 Å². The van der Waals surface area contributed by atoms with Crippen molar-refractivity contribution >= 4 is 16.6 Å². The molecule has 1 aliphatic carbocycles. The van der Waals surface area contributed by atoms with Gasteiger partial charge in [-0.15, -0.1) is 0 Å². The highest BCUT2D eigenvalue weighted by atomic mass is 19.4. The minimum absolute atomic E-state index is 0.0980. The Morgan fingerprint density at radius 2 is 1.91 bits per heavy atom. The largest absolute Gasteiger partial charge is 0.497 e. The standard InChI is InChI=1S/C25H27F3N2O2/c1-15-8-10-17-21(6-5-7-22(17)30-15)29-13-20-18-12-16(32-4)9-11-19(18)23(2,3)14-24(20,31)25(26,27)28/h5-12,20,29,31H,13-14H2,1-4H3. The molecule has 0 fully saturated rings. The summed E-state index contributed by atoms with van der Waals surface area (Å²) in [5.74, 6) is -0.755. The number of fused-ring (bicyclic) bond motifs is 2. The second kappa shape index (κ2) is 7.66. The smallest absolute Gasteiger partial charge is 0.417 e. The summed E-state index contributed by atoms with van der Waals surface area (Å²) in [5.41, 5.74) is -0.222. The minimum Gasteiger partial charge on any atom is -0.497 e. The summed E-state index contributed by atoms with van der Waals surface area (Å²) in [6, 6.07) is 14.4. The number of alkyl halides is 3. The Kier molecular flexibility index (Phi) is 5.36. The van der Waals surface area contributed by atoms with Crippen LogP contribution in [0.1, 0.15) is 43.0 Å². The third kappa shape index (κ3) is 3.68. The molecule has 2 aromatic carbocycles. The molecule has 3 aromatic rings. The van der Waals surface area contributed by atoms with Gasteiger partial charge >= 0.3 is 6.18 Å². The number of nitrogens with zero attached hydrogens (tertiary/aromatic N) is 1. The van der Waals surface area contributed by atoms with Crippen molar-refractivity contribution in [3.8, 4) is 5.75 Å². The normalized spacial score (nSPS) is 22.4. The van der Waals surface area contributed by atoms with Crippen LogP contribution in [0.5, 0.6) is 5.75 Å². The van der Waals surface area contributed by atoms with Crippen LogP contribution in [0, 0.1) is 6.92 Å². The Hall–Kier alpha value is -2.80. The number of pyridine rings is 1. The predicted molar refractivity (Wildman–Crippen MR) is 119 cm³/mol. The summed E-state index contributed by atoms with van der Waals surface area (Å²) in [7, 11) is 1.48. The molecule has 2 atom stereocenters. The van der Waals surface area contributed by atoms with Gasteiger partial charge < -0.3 is 15.2 Å². The maximum Gasteiger partial charge on any atom is 0.417 e. The van der Waals surface area contributed by atoms with Crippen LogP contribution in [0.15, 0.2) is 48.5 Å². The Balaban J connectivity index is 1.80. The van der Waals surface area contributed by atoms with Gasteiger partial charge in [-0.25, -0.2) is 0 Å². The fraction of sp³-hybridized carbons (Fsp3) is 0.400. The lowest BCUT2D eigenvalue weighted by Crippen LogP contribution is -2.57. The Bertz CT molecular complexity index is 1160. The lowest BCUT2D eigenvalue weighted by molar-refractivity contribution is -0.277. The highest BCUT2D eigenvalue weighted by Crippen LogP contribution is 2.54. The lowest BCUT2D eigenvalue weighted by Gasteiger charge is -2.48. The third-order valence-electron chi connectivity index (χ3n) is 6.51. The van der Waals surface area contributed by atoms with Gasteiger partial charge in [-0.1, -0.05) is 26.0 Å². The number of anilines is 1. The molecule has 7 heteroatoms. The van der Waals surface area contributed by atoms with Gasteiger partial charge in [-0.05, 0) is 66.3 Å². The molecule has 1 heterocycles. The van der Waals surface area contributed by atoms with Gasteiger partial charge in [-0.2, -0.15) is 13.2 Å². The van der Waals surface area contributed by atoms with E-state index in [1.807, 2.05) is 43.3 Å². The number of ether oxygens (including phenoxy) is 1. The molecule has 170 valence electrons. The highest BCUT2D eigenvalue weighted by molar-refractivity contribution is 5.91. The van der Waals surface area contributed by atoms with Crippen LogP contribution in [0.25, 0.3) is 10.9 Å². The van der Waals surface area contributed by atoms with Crippen molar-refractivity contribution in [3.63, 3.8) is 0 Å². The van der Waals surface area contributed by atoms with E-state index in [0.717, 1.165) is 22.2 Å². The molecule has 0 bridgehead atoms. The first kappa shape index (κ1) is 22.4. The lowest BCUT2D eigenvalue weighted by atomic mass is 9.61. The van der Waals surface area contributed by atoms with Gasteiger partial charge in [0.25, 0.3) is 0 Å². The summed E-state index contributed by atoms with van der Waals surface area (Å²) < 4.78 is 48.2. The zero-order chi connectivity index (χ0) is 23.3. The van der Waals surface area contributed by atoms with Crippen LogP contribution in [-0.2, 0) is 5.41 Å². The number of nitrogens with one attached hydrogen (secondary N) is 1. The van der Waals surface area contributed by atoms with E-state index in [1.54, 1.807) is 26.0 Å². The predicted octanol–water partition coefficient (Wildman–Crippen LogP) is 5.72. The molecule has 0 spiro atoms. The maximum atomic E-state index is 14.3. The molecule has 4 rings (SSSR count). The van der Waals surface area contributed by atoms with Crippen molar-refractivity contribution in [3.05, 3.63) is 65.4 Å². The molecule has 2 unspecified atom stereocenters. The van der Waals surface area contributed by atoms with Gasteiger partial charge in [0.2, 0.25) is 0 Å². The van der Waals surface area contributed by atoms with E-state index < -0.39 is 29.5 Å². The molecule has 0 radical (unpaired) electrons. The molecule has 2 N–H and O–H groups in total. The van der Waals surface area contributed by atoms with E-state index >= 15 is 0 Å². The number of halogens is 3. The van der Waals surface area contributed by atoms with Crippen molar-refractivity contribution in [2.24, 2.45) is 0 Å². The van der Waals surface area contributed by atoms with E-state index in [1.165, 1.54) is 7.11 Å². The Morgan fingerprint density at radius 3 is 2.59 bits per heavy atom. The third-order valence-corrected chi connectivity index (χ3v) is 6.51. The first-order valence-electron chi connectivity index (χ1n) is 10.5. The highest BCUT2D eigenvalue weighted by Gasteiger charge is 2.63. The zero-order valence-corrected chi connectivity index (χ0v) is 18.5. The molecule has 32 heavy (non-hydrogen) atoms. The number of hydrogen-bond acceptors (Lipinski definition) is 4. The molecular formula is C25H27F3N2O2. The summed E-state index contributed by atoms with van der Waals surface area (Å²) in [6.07, 6.45) is -5.22. The van der Waals surface area contributed by atoms with Crippen molar-refractivity contribution in [1.29, 1.82) is 0 Å². The summed E-state index contributed by atoms with van der Waals surface area (Å²) >= 11 is 0. The van der Waals surface area contributed by atoms with Crippen LogP contribution in [0.4, 0.5) is 18.9 Å². The minimum atomic E-state index is -4.80. The zero-order valence-electron chi connectivity index (χ0n) is 18.5. The van der Waals surface area contributed by atoms with Crippen LogP contribution in [0.2, 0.25) is 0 Å². The number of benzene rings is 2. The van der Waals surface area contributed by atoms with Gasteiger partial charge in [-0.3, -0.25) is 4.98 Å². The molecule has 0 aliphatic heterocycles. The second-order valence-corrected chi connectivity index (χ2v) is 9.19. The molecule has 4 nitrogen and oxygen atoms in total. The Morgan fingerprint density at radius 1 is 1.16 bits per heavy atom. The van der Waals surface area contributed by atoms with Gasteiger partial charge in [0.1, 0.15) is 5.75 Å². The molecular weight excluding hydrogens is 417 g/mol. The summed E-state index contributed by atoms with van der Waals surface area (Å²) in [4.78, 5) is 4.49. The van der Waals surface area contributed by atoms with Crippen molar-refractivity contribution in [1.82, 2.24) is 4.98 Å². The topological polar surface area (TPSA) is 54.4 Å². The molecule has 0 saturated heterocycles. The van der Waals surface area contributed by atoms with Crippen molar-refractivity contribution in [2.45, 2.75) is 50.3 Å². The van der Waals surface area contributed by atoms with Crippen molar-refractivity contribution < 1.29 is 23.0 Å². The van der Waals surface area contributed by atoms with E-state index in [0.29, 0.717) is 17.0 Å². The molecule has 1 aliphatic rings. The fourth-order valence-corrected chi connectivity index (χ4v) is 4.92. The van der Waals surface area contributed by atoms with Crippen LogP contribution >= 0.6 is 0 Å². The van der Waals surface area contributed by atoms with Gasteiger partial charge in [0.05, 0.1) is 12.6 Å². The SMILES string of the molecule is COc1ccc2c(c1)C(CNc1cccc3nc(C)ccc13)C(O)(C(F)(F)F)CC2(C)C. The summed E-state index contributed by atoms with van der Waals surface area (Å²) in [6.45, 7) is 5.26. The number of methoxy groups -OCH3 is 1. The summed E-state index contributed by atoms with van der Waals surface area (Å²) in [5, 5.41) is 15.1. The van der Waals surface area contributed by atoms with Gasteiger partial charge in [0, 0.05) is 29.2 Å². The fourth-order valence-electron chi connectivity index (χ4n) is 4.92. The molecule has 1 aromatic heterocycles. The average molecular weight is 444 g/mol. The van der Waals surface area contributed by atoms with E-state index in [9.17, 15) is 18.3 Å². The van der Waals surface area contributed by atoms with Crippen LogP contribution in [-0.4, -0.2) is 35.5 Å². The van der Waals surface area contributed by atoms with E-state index in [4.69, 9.17) is 4.74 Å². The number of rotatable bonds is 4. The maximum absolute atomic E-state index is 14.3. The number of aromatic nitrogens is 1. The number of hydrogen-bond donors (Lipinski definition) is 2.